The average Bonchev–Trinajstić information content (AvgIpc) is 2.42. The van der Waals surface area contributed by atoms with Crippen molar-refractivity contribution >= 4 is 12.0 Å². The largest absolute Gasteiger partial charge is 0.480 e. The number of urea groups is 1. The highest BCUT2D eigenvalue weighted by atomic mass is 16.4. The summed E-state index contributed by atoms with van der Waals surface area (Å²) in [6.45, 7) is 6.24. The molecular weight excluding hydrogens is 268 g/mol. The molecule has 1 heterocycles. The van der Waals surface area contributed by atoms with Crippen LogP contribution in [0.5, 0.6) is 0 Å². The molecule has 21 heavy (non-hydrogen) atoms. The number of hydrogen-bond donors (Lipinski definition) is 1. The molecule has 0 radical (unpaired) electrons. The van der Waals surface area contributed by atoms with Crippen molar-refractivity contribution in [3.63, 3.8) is 0 Å². The van der Waals surface area contributed by atoms with Gasteiger partial charge in [0.25, 0.3) is 0 Å². The number of hydrogen-bond acceptors (Lipinski definition) is 2. The van der Waals surface area contributed by atoms with Gasteiger partial charge in [0.1, 0.15) is 6.54 Å². The van der Waals surface area contributed by atoms with Crippen LogP contribution in [-0.2, 0) is 4.79 Å². The summed E-state index contributed by atoms with van der Waals surface area (Å²) >= 11 is 0. The van der Waals surface area contributed by atoms with E-state index < -0.39 is 11.5 Å². The lowest BCUT2D eigenvalue weighted by Crippen LogP contribution is -2.59. The molecule has 1 N–H and O–H groups in total. The summed E-state index contributed by atoms with van der Waals surface area (Å²) in [6, 6.07) is 0.222. The van der Waals surface area contributed by atoms with Gasteiger partial charge in [-0.15, -0.1) is 0 Å². The van der Waals surface area contributed by atoms with Gasteiger partial charge in [-0.3, -0.25) is 4.79 Å². The Kier molecular flexibility index (Phi) is 4.79. The molecule has 2 rings (SSSR count). The van der Waals surface area contributed by atoms with Crippen LogP contribution in [0.2, 0.25) is 0 Å². The van der Waals surface area contributed by atoms with Crippen molar-refractivity contribution in [2.45, 2.75) is 70.9 Å². The molecule has 2 aliphatic rings. The number of nitrogens with zero attached hydrogens (tertiary/aromatic N) is 2. The summed E-state index contributed by atoms with van der Waals surface area (Å²) in [5.41, 5.74) is -0.475. The molecule has 5 nitrogen and oxygen atoms in total. The van der Waals surface area contributed by atoms with Crippen LogP contribution in [0, 0.1) is 5.92 Å². The first-order valence-corrected chi connectivity index (χ1v) is 8.10. The maximum Gasteiger partial charge on any atom is 0.323 e. The standard InChI is InChI=1S/C16H28N2O3/c1-16(2,3)18(11-14(19)20)15(21)17-10-6-8-12-7-4-5-9-13(12)17/h12-13H,4-11H2,1-3H3,(H,19,20)/t12-,13-/m1/s1. The maximum absolute atomic E-state index is 12.9. The molecule has 1 aliphatic heterocycles. The van der Waals surface area contributed by atoms with Crippen molar-refractivity contribution in [3.8, 4) is 0 Å². The highest BCUT2D eigenvalue weighted by Crippen LogP contribution is 2.36. The Balaban J connectivity index is 2.16. The van der Waals surface area contributed by atoms with Gasteiger partial charge in [0, 0.05) is 18.1 Å². The lowest BCUT2D eigenvalue weighted by Gasteiger charge is -2.47. The van der Waals surface area contributed by atoms with Crippen LogP contribution in [-0.4, -0.2) is 51.6 Å². The van der Waals surface area contributed by atoms with E-state index in [1.165, 1.54) is 30.6 Å². The molecule has 120 valence electrons. The highest BCUT2D eigenvalue weighted by molar-refractivity contribution is 5.81. The monoisotopic (exact) mass is 296 g/mol. The third-order valence-corrected chi connectivity index (χ3v) is 4.82. The van der Waals surface area contributed by atoms with Crippen LogP contribution in [0.4, 0.5) is 4.79 Å². The number of carbonyl (C=O) groups is 2. The third-order valence-electron chi connectivity index (χ3n) is 4.82. The van der Waals surface area contributed by atoms with Gasteiger partial charge in [-0.1, -0.05) is 12.8 Å². The van der Waals surface area contributed by atoms with Crippen molar-refractivity contribution in [1.29, 1.82) is 0 Å². The van der Waals surface area contributed by atoms with Gasteiger partial charge in [0.2, 0.25) is 0 Å². The van der Waals surface area contributed by atoms with E-state index in [4.69, 9.17) is 5.11 Å². The number of carboxylic acids is 1. The van der Waals surface area contributed by atoms with E-state index in [2.05, 4.69) is 0 Å². The van der Waals surface area contributed by atoms with Crippen LogP contribution in [0.1, 0.15) is 59.3 Å². The fourth-order valence-electron chi connectivity index (χ4n) is 3.74. The first kappa shape index (κ1) is 16.1. The van der Waals surface area contributed by atoms with Crippen molar-refractivity contribution in [2.75, 3.05) is 13.1 Å². The number of carboxylic acid groups (broad SMARTS) is 1. The second-order valence-corrected chi connectivity index (χ2v) is 7.38. The maximum atomic E-state index is 12.9. The van der Waals surface area contributed by atoms with E-state index in [1.54, 1.807) is 0 Å². The van der Waals surface area contributed by atoms with Crippen LogP contribution >= 0.6 is 0 Å². The molecule has 1 saturated heterocycles. The SMILES string of the molecule is CC(C)(C)N(CC(=O)O)C(=O)N1CCC[C@H]2CCCC[C@H]21. The predicted molar refractivity (Wildman–Crippen MR) is 81.2 cm³/mol. The van der Waals surface area contributed by atoms with Crippen molar-refractivity contribution in [3.05, 3.63) is 0 Å². The quantitative estimate of drug-likeness (QED) is 0.852. The van der Waals surface area contributed by atoms with E-state index in [-0.39, 0.29) is 12.6 Å². The van der Waals surface area contributed by atoms with E-state index in [0.717, 1.165) is 19.4 Å². The average molecular weight is 296 g/mol. The topological polar surface area (TPSA) is 60.9 Å². The van der Waals surface area contributed by atoms with Gasteiger partial charge >= 0.3 is 12.0 Å². The predicted octanol–water partition coefficient (Wildman–Crippen LogP) is 2.95. The van der Waals surface area contributed by atoms with Gasteiger partial charge in [0.05, 0.1) is 0 Å². The normalized spacial score (nSPS) is 26.1. The lowest BCUT2D eigenvalue weighted by atomic mass is 9.78. The molecule has 2 fully saturated rings. The highest BCUT2D eigenvalue weighted by Gasteiger charge is 2.40. The molecular formula is C16H28N2O3. The summed E-state index contributed by atoms with van der Waals surface area (Å²) in [5.74, 6) is -0.335. The molecule has 2 amide bonds. The molecule has 0 spiro atoms. The molecule has 1 saturated carbocycles. The number of aliphatic carboxylic acids is 1. The van der Waals surface area contributed by atoms with Gasteiger partial charge < -0.3 is 14.9 Å². The van der Waals surface area contributed by atoms with Crippen molar-refractivity contribution < 1.29 is 14.7 Å². The minimum atomic E-state index is -0.949. The van der Waals surface area contributed by atoms with Gasteiger partial charge in [-0.05, 0) is 52.4 Å². The minimum Gasteiger partial charge on any atom is -0.480 e. The van der Waals surface area contributed by atoms with Gasteiger partial charge in [0.15, 0.2) is 0 Å². The Bertz CT molecular complexity index is 401. The Morgan fingerprint density at radius 3 is 2.38 bits per heavy atom. The summed E-state index contributed by atoms with van der Waals surface area (Å²) in [5, 5.41) is 9.11. The number of rotatable bonds is 2. The molecule has 0 aromatic rings. The van der Waals surface area contributed by atoms with E-state index in [1.807, 2.05) is 25.7 Å². The van der Waals surface area contributed by atoms with Crippen LogP contribution < -0.4 is 0 Å². The molecule has 0 bridgehead atoms. The summed E-state index contributed by atoms with van der Waals surface area (Å²) < 4.78 is 0. The Morgan fingerprint density at radius 1 is 1.14 bits per heavy atom. The summed E-state index contributed by atoms with van der Waals surface area (Å²) in [7, 11) is 0. The molecule has 2 atom stereocenters. The second kappa shape index (κ2) is 6.24. The summed E-state index contributed by atoms with van der Waals surface area (Å²) in [4.78, 5) is 27.5. The number of fused-ring (bicyclic) bond motifs is 1. The zero-order valence-electron chi connectivity index (χ0n) is 13.5. The molecule has 1 aliphatic carbocycles. The zero-order valence-corrected chi connectivity index (χ0v) is 13.5. The molecule has 0 unspecified atom stereocenters. The summed E-state index contributed by atoms with van der Waals surface area (Å²) in [6.07, 6.45) is 6.98. The Labute approximate surface area is 127 Å². The number of amides is 2. The number of carbonyl (C=O) groups excluding carboxylic acids is 1. The van der Waals surface area contributed by atoms with Crippen LogP contribution in [0.15, 0.2) is 0 Å². The first-order valence-electron chi connectivity index (χ1n) is 8.10. The fraction of sp³-hybridized carbons (Fsp3) is 0.875. The Hall–Kier alpha value is -1.26. The van der Waals surface area contributed by atoms with Crippen LogP contribution in [0.25, 0.3) is 0 Å². The third kappa shape index (κ3) is 3.69. The van der Waals surface area contributed by atoms with Crippen molar-refractivity contribution in [1.82, 2.24) is 9.80 Å². The van der Waals surface area contributed by atoms with Crippen molar-refractivity contribution in [2.24, 2.45) is 5.92 Å². The lowest BCUT2D eigenvalue weighted by molar-refractivity contribution is -0.139. The molecule has 0 aromatic carbocycles. The number of piperidine rings is 1. The smallest absolute Gasteiger partial charge is 0.323 e. The van der Waals surface area contributed by atoms with E-state index >= 15 is 0 Å². The molecule has 5 heteroatoms. The van der Waals surface area contributed by atoms with Gasteiger partial charge in [-0.2, -0.15) is 0 Å². The Morgan fingerprint density at radius 2 is 1.76 bits per heavy atom. The van der Waals surface area contributed by atoms with E-state index in [0.29, 0.717) is 12.0 Å². The van der Waals surface area contributed by atoms with E-state index in [9.17, 15) is 9.59 Å². The minimum absolute atomic E-state index is 0.0958. The van der Waals surface area contributed by atoms with Gasteiger partial charge in [-0.25, -0.2) is 4.79 Å². The molecule has 0 aromatic heterocycles. The fourth-order valence-corrected chi connectivity index (χ4v) is 3.74. The number of likely N-dealkylation sites (tertiary alicyclic amines) is 1. The first-order chi connectivity index (χ1) is 9.80. The van der Waals surface area contributed by atoms with Crippen LogP contribution in [0.3, 0.4) is 0 Å². The zero-order chi connectivity index (χ0) is 15.6. The second-order valence-electron chi connectivity index (χ2n) is 7.38.